The first-order chi connectivity index (χ1) is 6.25. The Bertz CT molecular complexity index is 198. The van der Waals surface area contributed by atoms with Gasteiger partial charge in [0, 0.05) is 0 Å². The van der Waals surface area contributed by atoms with E-state index in [1.807, 2.05) is 0 Å². The predicted octanol–water partition coefficient (Wildman–Crippen LogP) is 1.81. The van der Waals surface area contributed by atoms with Crippen LogP contribution in [0.15, 0.2) is 0 Å². The third-order valence-electron chi connectivity index (χ3n) is 2.93. The molecule has 1 saturated heterocycles. The highest BCUT2D eigenvalue weighted by Gasteiger charge is 2.35. The second-order valence-electron chi connectivity index (χ2n) is 4.16. The molecule has 0 amide bonds. The summed E-state index contributed by atoms with van der Waals surface area (Å²) in [6.07, 6.45) is 6.31. The van der Waals surface area contributed by atoms with Crippen molar-refractivity contribution in [3.63, 3.8) is 0 Å². The average Bonchev–Trinajstić information content (AvgIpc) is 2.85. The molecule has 1 aliphatic carbocycles. The molecule has 1 N–H and O–H groups in total. The topological polar surface area (TPSA) is 46.5 Å². The zero-order valence-corrected chi connectivity index (χ0v) is 7.74. The zero-order valence-electron chi connectivity index (χ0n) is 7.74. The van der Waals surface area contributed by atoms with Crippen molar-refractivity contribution in [1.82, 2.24) is 0 Å². The van der Waals surface area contributed by atoms with E-state index in [4.69, 9.17) is 9.84 Å². The Hall–Kier alpha value is -0.570. The maximum atomic E-state index is 10.5. The van der Waals surface area contributed by atoms with Crippen molar-refractivity contribution in [3.05, 3.63) is 0 Å². The average molecular weight is 184 g/mol. The van der Waals surface area contributed by atoms with Gasteiger partial charge in [-0.2, -0.15) is 0 Å². The highest BCUT2D eigenvalue weighted by atomic mass is 16.5. The number of hydrogen-bond acceptors (Lipinski definition) is 2. The highest BCUT2D eigenvalue weighted by molar-refractivity contribution is 5.67. The summed E-state index contributed by atoms with van der Waals surface area (Å²) in [6, 6.07) is 0. The van der Waals surface area contributed by atoms with Gasteiger partial charge in [0.1, 0.15) is 0 Å². The first-order valence-electron chi connectivity index (χ1n) is 5.13. The number of rotatable bonds is 3. The molecule has 13 heavy (non-hydrogen) atoms. The first-order valence-corrected chi connectivity index (χ1v) is 5.13. The van der Waals surface area contributed by atoms with E-state index in [0.717, 1.165) is 25.2 Å². The van der Waals surface area contributed by atoms with E-state index >= 15 is 0 Å². The number of carboxylic acid groups (broad SMARTS) is 1. The second kappa shape index (κ2) is 3.66. The van der Waals surface area contributed by atoms with Crippen LogP contribution < -0.4 is 0 Å². The monoisotopic (exact) mass is 184 g/mol. The summed E-state index contributed by atoms with van der Waals surface area (Å²) in [4.78, 5) is 10.5. The first kappa shape index (κ1) is 9.00. The van der Waals surface area contributed by atoms with Gasteiger partial charge >= 0.3 is 5.97 Å². The molecule has 0 aromatic carbocycles. The molecule has 2 rings (SSSR count). The number of hydrogen-bond donors (Lipinski definition) is 1. The van der Waals surface area contributed by atoms with Crippen molar-refractivity contribution in [3.8, 4) is 0 Å². The van der Waals surface area contributed by atoms with Gasteiger partial charge in [0.2, 0.25) is 0 Å². The molecule has 0 unspecified atom stereocenters. The van der Waals surface area contributed by atoms with E-state index in [9.17, 15) is 4.79 Å². The van der Waals surface area contributed by atoms with Crippen molar-refractivity contribution in [2.45, 2.75) is 50.7 Å². The van der Waals surface area contributed by atoms with Crippen LogP contribution in [0.4, 0.5) is 0 Å². The van der Waals surface area contributed by atoms with Gasteiger partial charge in [0.05, 0.1) is 18.6 Å². The summed E-state index contributed by atoms with van der Waals surface area (Å²) in [5, 5.41) is 8.63. The SMILES string of the molecule is O=C(O)C[C@H]1CCC[C@@H](C2CC2)O1. The van der Waals surface area contributed by atoms with Crippen molar-refractivity contribution in [2.24, 2.45) is 5.92 Å². The lowest BCUT2D eigenvalue weighted by atomic mass is 9.99. The van der Waals surface area contributed by atoms with Crippen molar-refractivity contribution in [2.75, 3.05) is 0 Å². The molecule has 0 aromatic heterocycles. The van der Waals surface area contributed by atoms with Gasteiger partial charge in [-0.05, 0) is 38.0 Å². The lowest BCUT2D eigenvalue weighted by Crippen LogP contribution is -2.30. The Kier molecular flexibility index (Phi) is 2.54. The maximum Gasteiger partial charge on any atom is 0.305 e. The van der Waals surface area contributed by atoms with E-state index in [2.05, 4.69) is 0 Å². The summed E-state index contributed by atoms with van der Waals surface area (Å²) in [7, 11) is 0. The fourth-order valence-electron chi connectivity index (χ4n) is 2.09. The van der Waals surface area contributed by atoms with E-state index in [1.165, 1.54) is 12.8 Å². The third-order valence-corrected chi connectivity index (χ3v) is 2.93. The van der Waals surface area contributed by atoms with Gasteiger partial charge in [-0.25, -0.2) is 0 Å². The van der Waals surface area contributed by atoms with Crippen LogP contribution in [0, 0.1) is 5.92 Å². The quantitative estimate of drug-likeness (QED) is 0.727. The summed E-state index contributed by atoms with van der Waals surface area (Å²) in [6.45, 7) is 0. The van der Waals surface area contributed by atoms with Crippen LogP contribution in [0.25, 0.3) is 0 Å². The Balaban J connectivity index is 1.80. The van der Waals surface area contributed by atoms with Crippen LogP contribution in [-0.2, 0) is 9.53 Å². The molecule has 1 heterocycles. The van der Waals surface area contributed by atoms with Gasteiger partial charge in [-0.3, -0.25) is 4.79 Å². The Morgan fingerprint density at radius 1 is 1.31 bits per heavy atom. The Morgan fingerprint density at radius 3 is 2.69 bits per heavy atom. The molecule has 2 aliphatic rings. The van der Waals surface area contributed by atoms with Crippen molar-refractivity contribution in [1.29, 1.82) is 0 Å². The molecule has 3 nitrogen and oxygen atoms in total. The Morgan fingerprint density at radius 2 is 2.08 bits per heavy atom. The summed E-state index contributed by atoms with van der Waals surface area (Å²) >= 11 is 0. The molecular formula is C10H16O3. The fourth-order valence-corrected chi connectivity index (χ4v) is 2.09. The lowest BCUT2D eigenvalue weighted by molar-refractivity contribution is -0.143. The third kappa shape index (κ3) is 2.44. The van der Waals surface area contributed by atoms with Crippen molar-refractivity contribution < 1.29 is 14.6 Å². The molecule has 74 valence electrons. The van der Waals surface area contributed by atoms with E-state index in [1.54, 1.807) is 0 Å². The molecule has 2 fully saturated rings. The van der Waals surface area contributed by atoms with Gasteiger partial charge in [-0.1, -0.05) is 0 Å². The summed E-state index contributed by atoms with van der Waals surface area (Å²) in [5.41, 5.74) is 0. The lowest BCUT2D eigenvalue weighted by Gasteiger charge is -2.29. The van der Waals surface area contributed by atoms with Crippen LogP contribution in [0.2, 0.25) is 0 Å². The number of carbonyl (C=O) groups is 1. The number of aliphatic carboxylic acids is 1. The Labute approximate surface area is 78.1 Å². The van der Waals surface area contributed by atoms with E-state index in [0.29, 0.717) is 6.10 Å². The fraction of sp³-hybridized carbons (Fsp3) is 0.900. The van der Waals surface area contributed by atoms with Crippen LogP contribution in [0.5, 0.6) is 0 Å². The molecule has 0 bridgehead atoms. The minimum atomic E-state index is -0.735. The van der Waals surface area contributed by atoms with Crippen LogP contribution >= 0.6 is 0 Å². The second-order valence-corrected chi connectivity index (χ2v) is 4.16. The minimum absolute atomic E-state index is 0.0168. The maximum absolute atomic E-state index is 10.5. The van der Waals surface area contributed by atoms with Crippen molar-refractivity contribution >= 4 is 5.97 Å². The summed E-state index contributed by atoms with van der Waals surface area (Å²) in [5.74, 6) is 0.0121. The van der Waals surface area contributed by atoms with Crippen LogP contribution in [0.1, 0.15) is 38.5 Å². The molecule has 0 spiro atoms. The predicted molar refractivity (Wildman–Crippen MR) is 47.5 cm³/mol. The standard InChI is InChI=1S/C10H16O3/c11-10(12)6-8-2-1-3-9(13-8)7-4-5-7/h7-9H,1-6H2,(H,11,12)/t8-,9+/m1/s1. The molecule has 2 atom stereocenters. The molecule has 3 heteroatoms. The van der Waals surface area contributed by atoms with Gasteiger partial charge in [0.25, 0.3) is 0 Å². The molecule has 1 saturated carbocycles. The van der Waals surface area contributed by atoms with Gasteiger partial charge < -0.3 is 9.84 Å². The number of ether oxygens (including phenoxy) is 1. The zero-order chi connectivity index (χ0) is 9.26. The van der Waals surface area contributed by atoms with Gasteiger partial charge in [-0.15, -0.1) is 0 Å². The van der Waals surface area contributed by atoms with E-state index < -0.39 is 5.97 Å². The molecule has 0 radical (unpaired) electrons. The van der Waals surface area contributed by atoms with Crippen LogP contribution in [0.3, 0.4) is 0 Å². The normalized spacial score (nSPS) is 34.5. The number of carboxylic acids is 1. The highest BCUT2D eigenvalue weighted by Crippen LogP contribution is 2.39. The summed E-state index contributed by atoms with van der Waals surface area (Å²) < 4.78 is 5.74. The minimum Gasteiger partial charge on any atom is -0.481 e. The molecule has 0 aromatic rings. The largest absolute Gasteiger partial charge is 0.481 e. The molecule has 1 aliphatic heterocycles. The van der Waals surface area contributed by atoms with E-state index in [-0.39, 0.29) is 12.5 Å². The van der Waals surface area contributed by atoms with Gasteiger partial charge in [0.15, 0.2) is 0 Å². The van der Waals surface area contributed by atoms with Crippen LogP contribution in [-0.4, -0.2) is 23.3 Å². The smallest absolute Gasteiger partial charge is 0.305 e. The molecular weight excluding hydrogens is 168 g/mol.